The highest BCUT2D eigenvalue weighted by atomic mass is 35.5. The summed E-state index contributed by atoms with van der Waals surface area (Å²) in [5, 5.41) is 2.61. The Morgan fingerprint density at radius 2 is 2.07 bits per heavy atom. The van der Waals surface area contributed by atoms with E-state index in [0.717, 1.165) is 21.8 Å². The van der Waals surface area contributed by atoms with E-state index < -0.39 is 0 Å². The molecule has 0 aliphatic heterocycles. The maximum Gasteiger partial charge on any atom is 0.228 e. The van der Waals surface area contributed by atoms with Gasteiger partial charge in [-0.25, -0.2) is 4.98 Å². The monoisotopic (exact) mass is 215 g/mol. The number of para-hydroxylation sites is 1. The molecule has 72 valence electrons. The highest BCUT2D eigenvalue weighted by Crippen LogP contribution is 2.26. The van der Waals surface area contributed by atoms with Gasteiger partial charge in [0, 0.05) is 10.8 Å². The third kappa shape index (κ3) is 1.23. The molecule has 4 heteroatoms. The number of halogens is 1. The van der Waals surface area contributed by atoms with Crippen molar-refractivity contribution in [1.29, 1.82) is 0 Å². The summed E-state index contributed by atoms with van der Waals surface area (Å²) < 4.78 is 5.62. The fourth-order valence-corrected chi connectivity index (χ4v) is 2.11. The first-order valence-corrected chi connectivity index (χ1v) is 5.08. The molecule has 2 nitrogen and oxygen atoms in total. The Kier molecular flexibility index (Phi) is 1.76. The van der Waals surface area contributed by atoms with E-state index in [1.165, 1.54) is 0 Å². The van der Waals surface area contributed by atoms with Crippen LogP contribution in [0.5, 0.6) is 0 Å². The maximum absolute atomic E-state index is 5.88. The van der Waals surface area contributed by atoms with Crippen LogP contribution in [-0.2, 0) is 0 Å². The molecule has 0 N–H and O–H groups in total. The number of nitrogens with zero attached hydrogens (tertiary/aromatic N) is 1. The maximum atomic E-state index is 5.88. The van der Waals surface area contributed by atoms with Crippen molar-refractivity contribution in [3.8, 4) is 0 Å². The molecule has 0 saturated carbocycles. The number of benzene rings is 1. The van der Waals surface area contributed by atoms with Crippen molar-refractivity contribution < 1.29 is 4.42 Å². The van der Waals surface area contributed by atoms with Crippen LogP contribution in [0.3, 0.4) is 0 Å². The summed E-state index contributed by atoms with van der Waals surface area (Å²) in [6, 6.07) is 9.76. The van der Waals surface area contributed by atoms with Gasteiger partial charge >= 0.3 is 0 Å². The Hall–Kier alpha value is -1.48. The standard InChI is InChI=1S/C11H7BClNO/c12-7-5-9(13)14-11-10(7)6-3-1-2-4-8(6)15-11/h1-5H,12H2. The molecule has 0 amide bonds. The van der Waals surface area contributed by atoms with Gasteiger partial charge in [-0.05, 0) is 12.1 Å². The first kappa shape index (κ1) is 8.80. The zero-order valence-electron chi connectivity index (χ0n) is 8.12. The lowest BCUT2D eigenvalue weighted by atomic mass is 9.93. The predicted molar refractivity (Wildman–Crippen MR) is 64.7 cm³/mol. The molecule has 0 fully saturated rings. The zero-order chi connectivity index (χ0) is 10.4. The molecule has 3 rings (SSSR count). The Morgan fingerprint density at radius 1 is 1.27 bits per heavy atom. The molecule has 0 aliphatic rings. The Labute approximate surface area is 92.3 Å². The lowest BCUT2D eigenvalue weighted by Gasteiger charge is -1.95. The van der Waals surface area contributed by atoms with Gasteiger partial charge in [0.25, 0.3) is 0 Å². The number of rotatable bonds is 0. The van der Waals surface area contributed by atoms with Crippen LogP contribution >= 0.6 is 11.6 Å². The van der Waals surface area contributed by atoms with Crippen LogP contribution in [0.15, 0.2) is 34.7 Å². The van der Waals surface area contributed by atoms with Gasteiger partial charge in [0.1, 0.15) is 18.6 Å². The van der Waals surface area contributed by atoms with Gasteiger partial charge < -0.3 is 4.42 Å². The van der Waals surface area contributed by atoms with E-state index >= 15 is 0 Å². The van der Waals surface area contributed by atoms with Crippen molar-refractivity contribution in [2.45, 2.75) is 0 Å². The largest absolute Gasteiger partial charge is 0.438 e. The molecular weight excluding hydrogens is 208 g/mol. The fraction of sp³-hybridized carbons (Fsp3) is 0. The molecule has 2 heterocycles. The summed E-state index contributed by atoms with van der Waals surface area (Å²) in [7, 11) is 2.01. The van der Waals surface area contributed by atoms with Crippen LogP contribution in [0, 0.1) is 0 Å². The molecule has 0 aliphatic carbocycles. The molecule has 0 spiro atoms. The van der Waals surface area contributed by atoms with Gasteiger partial charge in [-0.1, -0.05) is 35.3 Å². The van der Waals surface area contributed by atoms with Crippen LogP contribution in [0.1, 0.15) is 0 Å². The van der Waals surface area contributed by atoms with E-state index in [0.29, 0.717) is 10.9 Å². The second kappa shape index (κ2) is 3.01. The molecule has 0 saturated heterocycles. The van der Waals surface area contributed by atoms with Gasteiger partial charge in [-0.3, -0.25) is 0 Å². The zero-order valence-corrected chi connectivity index (χ0v) is 8.88. The third-order valence-corrected chi connectivity index (χ3v) is 2.71. The summed E-state index contributed by atoms with van der Waals surface area (Å²) in [4.78, 5) is 4.17. The molecule has 0 radical (unpaired) electrons. The Bertz CT molecular complexity index is 662. The normalized spacial score (nSPS) is 11.3. The predicted octanol–water partition coefficient (Wildman–Crippen LogP) is 1.89. The second-order valence-corrected chi connectivity index (χ2v) is 3.93. The summed E-state index contributed by atoms with van der Waals surface area (Å²) in [6.07, 6.45) is 0. The average molecular weight is 215 g/mol. The van der Waals surface area contributed by atoms with Crippen molar-refractivity contribution in [3.63, 3.8) is 0 Å². The number of hydrogen-bond acceptors (Lipinski definition) is 2. The minimum absolute atomic E-state index is 0.471. The number of pyridine rings is 1. The number of furan rings is 1. The van der Waals surface area contributed by atoms with Crippen molar-refractivity contribution >= 4 is 47.0 Å². The molecule has 3 aromatic rings. The topological polar surface area (TPSA) is 26.0 Å². The van der Waals surface area contributed by atoms with Crippen LogP contribution in [0.4, 0.5) is 0 Å². The summed E-state index contributed by atoms with van der Waals surface area (Å²) in [5.74, 6) is 0. The SMILES string of the molecule is Bc1cc(Cl)nc2oc3ccccc3c12. The summed E-state index contributed by atoms with van der Waals surface area (Å²) >= 11 is 5.88. The van der Waals surface area contributed by atoms with Crippen LogP contribution < -0.4 is 5.46 Å². The van der Waals surface area contributed by atoms with Crippen LogP contribution in [-0.4, -0.2) is 12.8 Å². The number of hydrogen-bond donors (Lipinski definition) is 0. The molecule has 0 unspecified atom stereocenters. The van der Waals surface area contributed by atoms with E-state index in [-0.39, 0.29) is 0 Å². The lowest BCUT2D eigenvalue weighted by Crippen LogP contribution is -2.03. The summed E-state index contributed by atoms with van der Waals surface area (Å²) in [5.41, 5.74) is 2.56. The molecule has 0 bridgehead atoms. The van der Waals surface area contributed by atoms with Crippen LogP contribution in [0.2, 0.25) is 5.15 Å². The minimum Gasteiger partial charge on any atom is -0.438 e. The Balaban J connectivity index is 2.61. The van der Waals surface area contributed by atoms with Crippen molar-refractivity contribution in [2.24, 2.45) is 0 Å². The van der Waals surface area contributed by atoms with Crippen molar-refractivity contribution in [3.05, 3.63) is 35.5 Å². The lowest BCUT2D eigenvalue weighted by molar-refractivity contribution is 0.654. The molecular formula is C11H7BClNO. The van der Waals surface area contributed by atoms with Gasteiger partial charge in [0.15, 0.2) is 0 Å². The molecule has 1 aromatic carbocycles. The van der Waals surface area contributed by atoms with Gasteiger partial charge in [-0.2, -0.15) is 0 Å². The molecule has 0 atom stereocenters. The van der Waals surface area contributed by atoms with E-state index in [1.807, 2.05) is 38.2 Å². The van der Waals surface area contributed by atoms with Gasteiger partial charge in [0.05, 0.1) is 0 Å². The quantitative estimate of drug-likeness (QED) is 0.423. The van der Waals surface area contributed by atoms with Crippen molar-refractivity contribution in [2.75, 3.05) is 0 Å². The highest BCUT2D eigenvalue weighted by Gasteiger charge is 2.10. The number of aromatic nitrogens is 1. The van der Waals surface area contributed by atoms with Crippen molar-refractivity contribution in [1.82, 2.24) is 4.98 Å². The van der Waals surface area contributed by atoms with E-state index in [2.05, 4.69) is 4.98 Å². The van der Waals surface area contributed by atoms with E-state index in [4.69, 9.17) is 16.0 Å². The smallest absolute Gasteiger partial charge is 0.228 e. The Morgan fingerprint density at radius 3 is 2.93 bits per heavy atom. The third-order valence-electron chi connectivity index (χ3n) is 2.52. The van der Waals surface area contributed by atoms with Crippen LogP contribution in [0.25, 0.3) is 22.1 Å². The first-order chi connectivity index (χ1) is 7.25. The second-order valence-electron chi connectivity index (χ2n) is 3.54. The van der Waals surface area contributed by atoms with Gasteiger partial charge in [-0.15, -0.1) is 0 Å². The minimum atomic E-state index is 0.471. The first-order valence-electron chi connectivity index (χ1n) is 4.70. The molecule has 15 heavy (non-hydrogen) atoms. The average Bonchev–Trinajstić information content (AvgIpc) is 2.54. The fourth-order valence-electron chi connectivity index (χ4n) is 1.87. The molecule has 2 aromatic heterocycles. The highest BCUT2D eigenvalue weighted by molar-refractivity contribution is 6.42. The van der Waals surface area contributed by atoms with E-state index in [1.54, 1.807) is 0 Å². The number of fused-ring (bicyclic) bond motifs is 3. The summed E-state index contributed by atoms with van der Waals surface area (Å²) in [6.45, 7) is 0. The van der Waals surface area contributed by atoms with Gasteiger partial charge in [0.2, 0.25) is 5.71 Å². The van der Waals surface area contributed by atoms with E-state index in [9.17, 15) is 0 Å².